The van der Waals surface area contributed by atoms with Gasteiger partial charge in [-0.3, -0.25) is 4.79 Å². The van der Waals surface area contributed by atoms with Crippen LogP contribution in [0.2, 0.25) is 5.02 Å². The number of rotatable bonds is 4. The second-order valence-electron chi connectivity index (χ2n) is 8.99. The van der Waals surface area contributed by atoms with Crippen molar-refractivity contribution in [3.63, 3.8) is 0 Å². The average molecular weight is 513 g/mol. The van der Waals surface area contributed by atoms with Crippen molar-refractivity contribution in [2.24, 2.45) is 11.8 Å². The van der Waals surface area contributed by atoms with Crippen LogP contribution in [-0.4, -0.2) is 64.1 Å². The van der Waals surface area contributed by atoms with Crippen LogP contribution >= 0.6 is 22.9 Å². The maximum absolute atomic E-state index is 15.4. The van der Waals surface area contributed by atoms with Crippen LogP contribution in [0.15, 0.2) is 42.7 Å². The Labute approximate surface area is 209 Å². The number of benzene rings is 2. The Bertz CT molecular complexity index is 1400. The second kappa shape index (κ2) is 8.76. The average Bonchev–Trinajstić information content (AvgIpc) is 3.53. The number of ether oxygens (including phenoxy) is 1. The Morgan fingerprint density at radius 2 is 1.86 bits per heavy atom. The highest BCUT2D eigenvalue weighted by Gasteiger charge is 2.38. The molecule has 6 rings (SSSR count). The van der Waals surface area contributed by atoms with E-state index in [0.29, 0.717) is 23.8 Å². The molecule has 180 valence electrons. The normalized spacial score (nSPS) is 19.9. The number of carbonyl (C=O) groups excluding carboxylic acids is 1. The molecule has 2 aliphatic rings. The van der Waals surface area contributed by atoms with Crippen molar-refractivity contribution in [1.82, 2.24) is 24.9 Å². The molecule has 2 unspecified atom stereocenters. The van der Waals surface area contributed by atoms with E-state index in [4.69, 9.17) is 21.3 Å². The van der Waals surface area contributed by atoms with Gasteiger partial charge in [0.2, 0.25) is 0 Å². The molecular weight excluding hydrogens is 491 g/mol. The second-order valence-corrected chi connectivity index (χ2v) is 10.4. The van der Waals surface area contributed by atoms with Gasteiger partial charge in [0.25, 0.3) is 5.91 Å². The minimum Gasteiger partial charge on any atom is -0.494 e. The third-order valence-corrected chi connectivity index (χ3v) is 7.94. The van der Waals surface area contributed by atoms with Gasteiger partial charge in [-0.05, 0) is 48.6 Å². The Balaban J connectivity index is 1.26. The smallest absolute Gasteiger partial charge is 0.259 e. The van der Waals surface area contributed by atoms with Crippen LogP contribution in [0.5, 0.6) is 5.75 Å². The summed E-state index contributed by atoms with van der Waals surface area (Å²) < 4.78 is 21.6. The number of halogens is 2. The molecular formula is C24H22ClFN6O2S. The fourth-order valence-electron chi connectivity index (χ4n) is 5.20. The molecule has 4 heterocycles. The molecule has 8 nitrogen and oxygen atoms in total. The number of likely N-dealkylation sites (tertiary alicyclic amines) is 1. The Hall–Kier alpha value is -3.24. The van der Waals surface area contributed by atoms with Gasteiger partial charge in [0.1, 0.15) is 11.3 Å². The Morgan fingerprint density at radius 1 is 1.11 bits per heavy atom. The minimum atomic E-state index is -0.696. The van der Waals surface area contributed by atoms with Crippen LogP contribution in [0.3, 0.4) is 0 Å². The highest BCUT2D eigenvalue weighted by Crippen LogP contribution is 2.37. The largest absolute Gasteiger partial charge is 0.494 e. The first kappa shape index (κ1) is 22.2. The maximum atomic E-state index is 15.4. The lowest BCUT2D eigenvalue weighted by molar-refractivity contribution is 0.0559. The fraction of sp³-hybridized carbons (Fsp3) is 0.333. The molecule has 11 heteroatoms. The number of methoxy groups -OCH3 is 1. The van der Waals surface area contributed by atoms with Gasteiger partial charge in [-0.15, -0.1) is 0 Å². The first-order valence-corrected chi connectivity index (χ1v) is 12.5. The van der Waals surface area contributed by atoms with Crippen LogP contribution in [0, 0.1) is 17.7 Å². The number of carbonyl (C=O) groups is 1. The summed E-state index contributed by atoms with van der Waals surface area (Å²) in [4.78, 5) is 23.8. The topological polar surface area (TPSA) is 76.4 Å². The molecule has 35 heavy (non-hydrogen) atoms. The van der Waals surface area contributed by atoms with Gasteiger partial charge in [0.15, 0.2) is 16.7 Å². The fourth-order valence-corrected chi connectivity index (χ4v) is 6.46. The summed E-state index contributed by atoms with van der Waals surface area (Å²) in [5, 5.41) is 9.88. The standard InChI is InChI=1S/C24H22ClFN6O2S/c1-34-19-5-4-18(32-27-6-7-28-32)21(22(19)26)23(33)30-10-14-8-15(11-30)13-31(12-14)24-29-17-3-2-16(25)9-20(17)35-24/h2-7,9,14-15H,8,10-13H2,1H3. The molecule has 2 bridgehead atoms. The van der Waals surface area contributed by atoms with Crippen molar-refractivity contribution >= 4 is 44.2 Å². The zero-order valence-electron chi connectivity index (χ0n) is 18.9. The van der Waals surface area contributed by atoms with E-state index >= 15 is 4.39 Å². The minimum absolute atomic E-state index is 0.0172. The summed E-state index contributed by atoms with van der Waals surface area (Å²) in [6, 6.07) is 8.84. The highest BCUT2D eigenvalue weighted by molar-refractivity contribution is 7.22. The van der Waals surface area contributed by atoms with E-state index in [0.717, 1.165) is 34.9 Å². The third kappa shape index (κ3) is 4.00. The van der Waals surface area contributed by atoms with Crippen LogP contribution in [0.1, 0.15) is 16.8 Å². The molecule has 2 saturated heterocycles. The summed E-state index contributed by atoms with van der Waals surface area (Å²) in [6.45, 7) is 2.68. The van der Waals surface area contributed by atoms with Crippen LogP contribution < -0.4 is 9.64 Å². The predicted octanol–water partition coefficient (Wildman–Crippen LogP) is 4.28. The molecule has 4 aromatic rings. The van der Waals surface area contributed by atoms with Gasteiger partial charge in [-0.25, -0.2) is 9.37 Å². The molecule has 2 fully saturated rings. The van der Waals surface area contributed by atoms with Gasteiger partial charge >= 0.3 is 0 Å². The number of hydrogen-bond donors (Lipinski definition) is 0. The van der Waals surface area contributed by atoms with Crippen molar-refractivity contribution in [1.29, 1.82) is 0 Å². The number of piperidine rings is 2. The van der Waals surface area contributed by atoms with Gasteiger partial charge in [-0.1, -0.05) is 22.9 Å². The van der Waals surface area contributed by atoms with E-state index in [1.54, 1.807) is 22.3 Å². The monoisotopic (exact) mass is 512 g/mol. The number of amides is 1. The molecule has 0 radical (unpaired) electrons. The van der Waals surface area contributed by atoms with Crippen molar-refractivity contribution in [2.75, 3.05) is 38.2 Å². The maximum Gasteiger partial charge on any atom is 0.259 e. The first-order chi connectivity index (χ1) is 17.0. The summed E-state index contributed by atoms with van der Waals surface area (Å²) in [5.74, 6) is -0.517. The lowest BCUT2D eigenvalue weighted by Crippen LogP contribution is -2.54. The van der Waals surface area contributed by atoms with E-state index in [1.807, 2.05) is 18.2 Å². The molecule has 2 aromatic heterocycles. The number of anilines is 1. The van der Waals surface area contributed by atoms with Crippen molar-refractivity contribution in [3.05, 3.63) is 59.1 Å². The zero-order chi connectivity index (χ0) is 24.1. The van der Waals surface area contributed by atoms with Crippen molar-refractivity contribution < 1.29 is 13.9 Å². The number of nitrogens with zero attached hydrogens (tertiary/aromatic N) is 6. The van der Waals surface area contributed by atoms with E-state index in [2.05, 4.69) is 15.1 Å². The third-order valence-electron chi connectivity index (χ3n) is 6.63. The molecule has 0 spiro atoms. The molecule has 0 aliphatic carbocycles. The van der Waals surface area contributed by atoms with E-state index < -0.39 is 5.82 Å². The molecule has 0 saturated carbocycles. The van der Waals surface area contributed by atoms with E-state index in [9.17, 15) is 4.79 Å². The van der Waals surface area contributed by atoms with Gasteiger partial charge in [0.05, 0.1) is 29.7 Å². The summed E-state index contributed by atoms with van der Waals surface area (Å²) in [6.07, 6.45) is 4.02. The molecule has 0 N–H and O–H groups in total. The highest BCUT2D eigenvalue weighted by atomic mass is 35.5. The van der Waals surface area contributed by atoms with Crippen LogP contribution in [-0.2, 0) is 0 Å². The number of aromatic nitrogens is 4. The number of fused-ring (bicyclic) bond motifs is 3. The summed E-state index contributed by atoms with van der Waals surface area (Å²) in [5.41, 5.74) is 1.17. The van der Waals surface area contributed by atoms with E-state index in [1.165, 1.54) is 30.4 Å². The Kier molecular flexibility index (Phi) is 5.57. The number of hydrogen-bond acceptors (Lipinski definition) is 7. The summed E-state index contributed by atoms with van der Waals surface area (Å²) in [7, 11) is 1.38. The van der Waals surface area contributed by atoms with Crippen molar-refractivity contribution in [3.8, 4) is 11.4 Å². The SMILES string of the molecule is COc1ccc(-n2nccn2)c(C(=O)N2CC3CC(C2)CN(c2nc4ccc(Cl)cc4s2)C3)c1F. The molecule has 1 amide bonds. The van der Waals surface area contributed by atoms with Crippen LogP contribution in [0.25, 0.3) is 15.9 Å². The van der Waals surface area contributed by atoms with Gasteiger partial charge in [-0.2, -0.15) is 15.0 Å². The van der Waals surface area contributed by atoms with Gasteiger partial charge < -0.3 is 14.5 Å². The van der Waals surface area contributed by atoms with Crippen LogP contribution in [0.4, 0.5) is 9.52 Å². The molecule has 2 atom stereocenters. The summed E-state index contributed by atoms with van der Waals surface area (Å²) >= 11 is 7.78. The number of thiazole rings is 1. The quantitative estimate of drug-likeness (QED) is 0.406. The molecule has 2 aromatic carbocycles. The lowest BCUT2D eigenvalue weighted by Gasteiger charge is -2.45. The predicted molar refractivity (Wildman–Crippen MR) is 132 cm³/mol. The van der Waals surface area contributed by atoms with E-state index in [-0.39, 0.29) is 29.1 Å². The zero-order valence-corrected chi connectivity index (χ0v) is 20.5. The van der Waals surface area contributed by atoms with Crippen molar-refractivity contribution in [2.45, 2.75) is 6.42 Å². The Morgan fingerprint density at radius 3 is 2.57 bits per heavy atom. The van der Waals surface area contributed by atoms with Gasteiger partial charge in [0, 0.05) is 31.2 Å². The lowest BCUT2D eigenvalue weighted by atomic mass is 9.84. The molecule has 2 aliphatic heterocycles. The first-order valence-electron chi connectivity index (χ1n) is 11.3.